The maximum atomic E-state index is 12.6. The lowest BCUT2D eigenvalue weighted by Gasteiger charge is -2.47. The summed E-state index contributed by atoms with van der Waals surface area (Å²) in [7, 11) is 0. The fraction of sp³-hybridized carbons (Fsp3) is 0.590. The van der Waals surface area contributed by atoms with Crippen LogP contribution >= 0.6 is 63.7 Å². The molecule has 0 amide bonds. The Labute approximate surface area is 636 Å². The normalized spacial score (nSPS) is 31.7. The molecule has 8 N–H and O–H groups in total. The van der Waals surface area contributed by atoms with Crippen molar-refractivity contribution in [2.24, 2.45) is 112 Å². The van der Waals surface area contributed by atoms with Crippen molar-refractivity contribution < 1.29 is 33.9 Å². The summed E-state index contributed by atoms with van der Waals surface area (Å²) in [5.74, 6) is 9.24. The minimum Gasteiger partial charge on any atom is -0.481 e. The van der Waals surface area contributed by atoms with Crippen LogP contribution in [0.4, 0.5) is 0 Å². The SMILES string of the molecule is C.CC(=O)C[C@@H]1[C@@H](/C=C/c2ccc(Br)cn2)[C@@H]2CCCC[C@H]2C[C@@H]1N.CC(=O)C[C@@H]1[C@@H](/C=C/c2ccc(Br)cn2)[C@@H]2CCCC[C@H]2C[C@H]1N.CC(=O)C[C@H]1C(=O)C[C@@H]2CCCC[C@H]2[C@@H]1/C=C/c1ccc(Br)cn1.CC(=O)O.N.O=C1C[C@H]2C[C@@H]3CCCC[C@H]3[C@H](/C=C/c3ccc(Br)cn3)[C@H]2C1. The maximum absolute atomic E-state index is 12.6. The highest BCUT2D eigenvalue weighted by Crippen LogP contribution is 2.55. The summed E-state index contributed by atoms with van der Waals surface area (Å²) in [6.07, 6.45) is 53.0. The van der Waals surface area contributed by atoms with Gasteiger partial charge < -0.3 is 37.1 Å². The average Bonchev–Trinajstić information content (AvgIpc) is 1.78. The summed E-state index contributed by atoms with van der Waals surface area (Å²) in [6.45, 7) is 6.06. The number of rotatable bonds is 14. The number of carboxylic acids is 1. The van der Waals surface area contributed by atoms with E-state index in [9.17, 15) is 24.0 Å². The number of halogens is 4. The second-order valence-electron chi connectivity index (χ2n) is 30.4. The van der Waals surface area contributed by atoms with Crippen LogP contribution in [0, 0.1) is 101 Å². The highest BCUT2D eigenvalue weighted by molar-refractivity contribution is 9.11. The molecule has 0 aliphatic heterocycles. The average molecular weight is 1640 g/mol. The molecule has 101 heavy (non-hydrogen) atoms. The van der Waals surface area contributed by atoms with Gasteiger partial charge in [-0.1, -0.05) is 102 Å². The molecule has 19 atom stereocenters. The number of hydrogen-bond donors (Lipinski definition) is 4. The van der Waals surface area contributed by atoms with Crippen molar-refractivity contribution in [3.05, 3.63) is 138 Å². The number of aliphatic carboxylic acids is 1. The number of allylic oxidation sites excluding steroid dienone is 4. The Bertz CT molecular complexity index is 3330. The predicted molar refractivity (Wildman–Crippen MR) is 422 cm³/mol. The quantitative estimate of drug-likeness (QED) is 0.0915. The van der Waals surface area contributed by atoms with Crippen LogP contribution in [0.15, 0.2) is 116 Å². The summed E-state index contributed by atoms with van der Waals surface area (Å²) in [4.78, 5) is 86.6. The molecule has 14 nitrogen and oxygen atoms in total. The van der Waals surface area contributed by atoms with Crippen LogP contribution < -0.4 is 17.6 Å². The number of carbonyl (C=O) groups excluding carboxylic acids is 5. The first-order valence-corrected chi connectivity index (χ1v) is 40.2. The van der Waals surface area contributed by atoms with E-state index in [0.717, 1.165) is 103 Å². The molecule has 0 saturated heterocycles. The lowest BCUT2D eigenvalue weighted by atomic mass is 9.58. The summed E-state index contributed by atoms with van der Waals surface area (Å²) in [5, 5.41) is 7.42. The molecule has 9 aliphatic rings. The number of aromatic nitrogens is 4. The van der Waals surface area contributed by atoms with Gasteiger partial charge in [-0.25, -0.2) is 0 Å². The number of fused-ring (bicyclic) bond motifs is 5. The van der Waals surface area contributed by atoms with Crippen LogP contribution in [-0.2, 0) is 28.8 Å². The van der Waals surface area contributed by atoms with Gasteiger partial charge in [-0.3, -0.25) is 34.3 Å². The molecule has 9 aliphatic carbocycles. The summed E-state index contributed by atoms with van der Waals surface area (Å²) in [5.41, 5.74) is 16.9. The van der Waals surface area contributed by atoms with Gasteiger partial charge in [-0.05, 0) is 303 Å². The fourth-order valence-electron chi connectivity index (χ4n) is 19.4. The molecular weight excluding hydrogens is 1530 g/mol. The first-order chi connectivity index (χ1) is 47.6. The van der Waals surface area contributed by atoms with E-state index in [2.05, 4.69) is 132 Å². The Hall–Kier alpha value is -4.82. The van der Waals surface area contributed by atoms with E-state index in [4.69, 9.17) is 21.4 Å². The van der Waals surface area contributed by atoms with Crippen molar-refractivity contribution in [3.8, 4) is 0 Å². The first kappa shape index (κ1) is 83.5. The lowest BCUT2D eigenvalue weighted by Crippen LogP contribution is -2.48. The molecule has 18 heteroatoms. The molecule has 550 valence electrons. The van der Waals surface area contributed by atoms with Crippen molar-refractivity contribution >= 4 is 123 Å². The van der Waals surface area contributed by atoms with Gasteiger partial charge in [0.1, 0.15) is 28.9 Å². The molecule has 0 spiro atoms. The van der Waals surface area contributed by atoms with Crippen LogP contribution in [0.2, 0.25) is 0 Å². The molecule has 0 bridgehead atoms. The molecule has 4 aromatic rings. The fourth-order valence-corrected chi connectivity index (χ4v) is 20.3. The maximum Gasteiger partial charge on any atom is 0.300 e. The van der Waals surface area contributed by atoms with Crippen LogP contribution in [0.5, 0.6) is 0 Å². The third kappa shape index (κ3) is 24.6. The second-order valence-corrected chi connectivity index (χ2v) is 34.1. The highest BCUT2D eigenvalue weighted by atomic mass is 79.9. The van der Waals surface area contributed by atoms with Gasteiger partial charge in [0.25, 0.3) is 5.97 Å². The molecule has 4 aromatic heterocycles. The summed E-state index contributed by atoms with van der Waals surface area (Å²) in [6, 6.07) is 16.4. The van der Waals surface area contributed by atoms with E-state index in [0.29, 0.717) is 84.7 Å². The van der Waals surface area contributed by atoms with Crippen LogP contribution in [0.25, 0.3) is 24.3 Å². The number of ketones is 5. The zero-order valence-corrected chi connectivity index (χ0v) is 65.6. The molecule has 0 radical (unpaired) electrons. The van der Waals surface area contributed by atoms with Crippen molar-refractivity contribution in [2.45, 2.75) is 208 Å². The van der Waals surface area contributed by atoms with Gasteiger partial charge in [0.2, 0.25) is 0 Å². The Morgan fingerprint density at radius 3 is 1.10 bits per heavy atom. The minimum atomic E-state index is -0.833. The van der Waals surface area contributed by atoms with Crippen LogP contribution in [0.3, 0.4) is 0 Å². The van der Waals surface area contributed by atoms with E-state index in [1.807, 2.05) is 67.1 Å². The van der Waals surface area contributed by atoms with E-state index in [1.54, 1.807) is 27.0 Å². The zero-order chi connectivity index (χ0) is 70.7. The Balaban J connectivity index is 0.000000184. The lowest BCUT2D eigenvalue weighted by molar-refractivity contribution is -0.134. The largest absolute Gasteiger partial charge is 0.481 e. The third-order valence-corrected chi connectivity index (χ3v) is 25.5. The van der Waals surface area contributed by atoms with Crippen molar-refractivity contribution in [1.29, 1.82) is 0 Å². The molecular formula is C83H113Br4N7O7. The van der Waals surface area contributed by atoms with Crippen molar-refractivity contribution in [1.82, 2.24) is 26.1 Å². The summed E-state index contributed by atoms with van der Waals surface area (Å²) < 4.78 is 3.94. The highest BCUT2D eigenvalue weighted by Gasteiger charge is 2.49. The minimum absolute atomic E-state index is 0. The standard InChI is InChI=1S/2C20H27BrN2O.C20H24BrNO2.C20H24BrNO.C2H4O2.CH4.H3N/c2*1-13(24)10-19-18(9-8-16-7-6-15(21)12-23-16)17-5-3-2-4-14(17)11-20(19)22;1-13(23)10-19-18(9-8-16-7-6-15(21)12-22-16)17-5-3-2-4-14(17)11-20(19)24;21-15-5-6-16(22-12-15)7-8-19-18-4-2-1-3-13(18)9-14-10-17(23)11-20(14)19;1-2(3)4;;/h2*6-9,12,14,17-20H,2-5,10-11,22H2,1H3;6-9,12,14,17-19H,2-5,10-11H2,1H3;5-8,12-14,18-20H,1-4,9-11H2;1H3,(H,3,4);1H4;1H3/b3*9-8+;8-7+;;;/t14-,17+,18-,19+,20+;14-,17+,18-,19+,20-;14-,17+,18-,19+;13-,14+,18+,19-,20-;;;/m0000.../s1. The van der Waals surface area contributed by atoms with Crippen molar-refractivity contribution in [2.75, 3.05) is 0 Å². The van der Waals surface area contributed by atoms with Gasteiger partial charge in [0.05, 0.1) is 22.8 Å². The molecule has 4 heterocycles. The van der Waals surface area contributed by atoms with Gasteiger partial charge >= 0.3 is 0 Å². The molecule has 9 fully saturated rings. The Kier molecular flexibility index (Phi) is 34.0. The van der Waals surface area contributed by atoms with Crippen LogP contribution in [0.1, 0.15) is 218 Å². The van der Waals surface area contributed by atoms with E-state index in [-0.39, 0.29) is 72.5 Å². The van der Waals surface area contributed by atoms with Gasteiger partial charge in [-0.15, -0.1) is 0 Å². The zero-order valence-electron chi connectivity index (χ0n) is 59.3. The van der Waals surface area contributed by atoms with Gasteiger partial charge in [-0.2, -0.15) is 0 Å². The number of nitrogens with two attached hydrogens (primary N) is 2. The van der Waals surface area contributed by atoms with E-state index in [1.165, 1.54) is 103 Å². The van der Waals surface area contributed by atoms with E-state index < -0.39 is 5.97 Å². The number of carbonyl (C=O) groups is 6. The first-order valence-electron chi connectivity index (χ1n) is 37.0. The van der Waals surface area contributed by atoms with Gasteiger partial charge in [0, 0.05) is 106 Å². The number of pyridine rings is 4. The number of hydrogen-bond acceptors (Lipinski definition) is 13. The second kappa shape index (κ2) is 41.2. The summed E-state index contributed by atoms with van der Waals surface area (Å²) >= 11 is 13.7. The third-order valence-electron chi connectivity index (χ3n) is 23.6. The van der Waals surface area contributed by atoms with Crippen LogP contribution in [-0.4, -0.2) is 72.0 Å². The Morgan fingerprint density at radius 2 is 0.743 bits per heavy atom. The monoisotopic (exact) mass is 1640 g/mol. The predicted octanol–water partition coefficient (Wildman–Crippen LogP) is 20.2. The molecule has 13 rings (SSSR count). The smallest absolute Gasteiger partial charge is 0.300 e. The topological polar surface area (TPSA) is 261 Å². The van der Waals surface area contributed by atoms with Gasteiger partial charge in [0.15, 0.2) is 0 Å². The molecule has 0 unspecified atom stereocenters. The Morgan fingerprint density at radius 1 is 0.426 bits per heavy atom. The molecule has 0 aromatic carbocycles. The molecule has 9 saturated carbocycles. The number of nitrogens with zero attached hydrogens (tertiary/aromatic N) is 4. The number of carboxylic acid groups (broad SMARTS) is 1. The van der Waals surface area contributed by atoms with E-state index >= 15 is 0 Å². The van der Waals surface area contributed by atoms with Crippen molar-refractivity contribution in [3.63, 3.8) is 0 Å². The number of Topliss-reactive ketones (excluding diaryl/α,β-unsaturated/α-hetero) is 5.